The molecule has 23 heavy (non-hydrogen) atoms. The Morgan fingerprint density at radius 1 is 0.696 bits per heavy atom. The Kier molecular flexibility index (Phi) is 7.26. The van der Waals surface area contributed by atoms with Gasteiger partial charge in [-0.05, 0) is 0 Å². The van der Waals surface area contributed by atoms with E-state index in [0.717, 1.165) is 11.1 Å². The third-order valence-corrected chi connectivity index (χ3v) is 5.95. The van der Waals surface area contributed by atoms with Crippen molar-refractivity contribution in [3.8, 4) is 0 Å². The van der Waals surface area contributed by atoms with E-state index in [9.17, 15) is 9.59 Å². The molecule has 0 spiro atoms. The van der Waals surface area contributed by atoms with Crippen LogP contribution >= 0.6 is 0 Å². The molecule has 0 aliphatic rings. The number of hydrogen-bond donors (Lipinski definition) is 0. The zero-order chi connectivity index (χ0) is 16.3. The molecule has 112 valence electrons. The summed E-state index contributed by atoms with van der Waals surface area (Å²) in [4.78, 5) is 23.0. The Labute approximate surface area is 148 Å². The zero-order valence-corrected chi connectivity index (χ0v) is 17.9. The molecule has 0 atom stereocenters. The predicted octanol–water partition coefficient (Wildman–Crippen LogP) is 3.41. The second-order valence-electron chi connectivity index (χ2n) is 4.53. The van der Waals surface area contributed by atoms with Crippen LogP contribution in [0.5, 0.6) is 0 Å². The van der Waals surface area contributed by atoms with Crippen molar-refractivity contribution < 1.29 is 40.4 Å². The molecule has 0 aliphatic carbocycles. The van der Waals surface area contributed by atoms with Crippen molar-refractivity contribution in [1.29, 1.82) is 0 Å². The Morgan fingerprint density at radius 3 is 1.48 bits per heavy atom. The number of carbonyl (C=O) groups excluding carboxylic acids is 2. The van der Waals surface area contributed by atoms with Crippen LogP contribution in [0.1, 0.15) is 11.1 Å². The topological polar surface area (TPSA) is 52.6 Å². The fourth-order valence-electron chi connectivity index (χ4n) is 1.70. The molecule has 0 N–H and O–H groups in total. The number of carbonyl (C=O) groups is 2. The second kappa shape index (κ2) is 9.74. The summed E-state index contributed by atoms with van der Waals surface area (Å²) < 4.78 is 10.0. The number of hydrogen-bond acceptors (Lipinski definition) is 4. The first-order chi connectivity index (χ1) is 11.2. The summed E-state index contributed by atoms with van der Waals surface area (Å²) >= 11 is -2.44. The van der Waals surface area contributed by atoms with Crippen LogP contribution in [0.15, 0.2) is 72.8 Å². The van der Waals surface area contributed by atoms with Crippen LogP contribution in [0.3, 0.4) is 0 Å². The summed E-state index contributed by atoms with van der Waals surface area (Å²) in [6.45, 7) is 0. The molecule has 0 unspecified atom stereocenters. The van der Waals surface area contributed by atoms with Crippen LogP contribution in [0.2, 0.25) is 0 Å². The first-order valence-electron chi connectivity index (χ1n) is 7.04. The van der Waals surface area contributed by atoms with Gasteiger partial charge in [-0.3, -0.25) is 0 Å². The van der Waals surface area contributed by atoms with Gasteiger partial charge < -0.3 is 0 Å². The first kappa shape index (κ1) is 17.2. The Balaban J connectivity index is 1.70. The fraction of sp³-hybridized carbons (Fsp3) is 0. The average Bonchev–Trinajstić information content (AvgIpc) is 2.60. The standard InChI is InChI=1S/2C9H8O2.Hg/c2*10-9(11)7-6-8-4-2-1-3-5-8;/h2*1-7H,(H,10,11);/q;;+2/p-2. The van der Waals surface area contributed by atoms with E-state index >= 15 is 0 Å². The molecule has 2 rings (SSSR count). The third-order valence-electron chi connectivity index (χ3n) is 2.83. The van der Waals surface area contributed by atoms with Gasteiger partial charge >= 0.3 is 148 Å². The van der Waals surface area contributed by atoms with Crippen molar-refractivity contribution in [3.63, 3.8) is 0 Å². The van der Waals surface area contributed by atoms with Gasteiger partial charge in [-0.25, -0.2) is 0 Å². The summed E-state index contributed by atoms with van der Waals surface area (Å²) in [6, 6.07) is 18.8. The zero-order valence-electron chi connectivity index (χ0n) is 12.4. The van der Waals surface area contributed by atoms with Crippen molar-refractivity contribution >= 4 is 24.1 Å². The molecule has 2 aromatic rings. The second-order valence-corrected chi connectivity index (χ2v) is 7.69. The minimum absolute atomic E-state index is 0.477. The molecule has 0 bridgehead atoms. The molecule has 0 saturated carbocycles. The van der Waals surface area contributed by atoms with Gasteiger partial charge in [0.1, 0.15) is 0 Å². The van der Waals surface area contributed by atoms with E-state index in [1.165, 1.54) is 12.2 Å². The summed E-state index contributed by atoms with van der Waals surface area (Å²) in [7, 11) is 0. The van der Waals surface area contributed by atoms with E-state index in [1.54, 1.807) is 12.2 Å². The van der Waals surface area contributed by atoms with E-state index in [2.05, 4.69) is 0 Å². The molecule has 0 heterocycles. The maximum atomic E-state index is 11.5. The van der Waals surface area contributed by atoms with E-state index in [0.29, 0.717) is 0 Å². The van der Waals surface area contributed by atoms with Gasteiger partial charge in [0.15, 0.2) is 0 Å². The quantitative estimate of drug-likeness (QED) is 0.456. The molecule has 2 aromatic carbocycles. The summed E-state index contributed by atoms with van der Waals surface area (Å²) in [5, 5.41) is 0. The van der Waals surface area contributed by atoms with Crippen LogP contribution in [-0.2, 0) is 40.4 Å². The van der Waals surface area contributed by atoms with Gasteiger partial charge in [0.05, 0.1) is 0 Å². The first-order valence-corrected chi connectivity index (χ1v) is 11.5. The van der Waals surface area contributed by atoms with Gasteiger partial charge in [0, 0.05) is 0 Å². The summed E-state index contributed by atoms with van der Waals surface area (Å²) in [5.41, 5.74) is 1.81. The molecule has 0 amide bonds. The Bertz CT molecular complexity index is 632. The van der Waals surface area contributed by atoms with Crippen molar-refractivity contribution in [2.24, 2.45) is 0 Å². The average molecular weight is 495 g/mol. The molecule has 0 aliphatic heterocycles. The number of benzene rings is 2. The Morgan fingerprint density at radius 2 is 1.09 bits per heavy atom. The predicted molar refractivity (Wildman–Crippen MR) is 83.1 cm³/mol. The summed E-state index contributed by atoms with van der Waals surface area (Å²) in [6.07, 6.45) is 5.99. The third kappa shape index (κ3) is 7.06. The van der Waals surface area contributed by atoms with Gasteiger partial charge in [-0.2, -0.15) is 0 Å². The molecule has 0 aromatic heterocycles. The van der Waals surface area contributed by atoms with Gasteiger partial charge in [-0.1, -0.05) is 0 Å². The van der Waals surface area contributed by atoms with E-state index < -0.39 is 37.4 Å². The molecule has 0 fully saturated rings. The molecular formula is C18H14HgO4. The van der Waals surface area contributed by atoms with Crippen molar-refractivity contribution in [2.45, 2.75) is 0 Å². The van der Waals surface area contributed by atoms with E-state index in [4.69, 9.17) is 5.29 Å². The van der Waals surface area contributed by atoms with Crippen LogP contribution in [0.25, 0.3) is 12.2 Å². The molecule has 5 heteroatoms. The van der Waals surface area contributed by atoms with Gasteiger partial charge in [0.2, 0.25) is 0 Å². The maximum absolute atomic E-state index is 11.5. The summed E-state index contributed by atoms with van der Waals surface area (Å²) in [5.74, 6) is -0.953. The van der Waals surface area contributed by atoms with Crippen LogP contribution in [-0.4, -0.2) is 11.9 Å². The van der Waals surface area contributed by atoms with Crippen LogP contribution in [0, 0.1) is 0 Å². The molecular weight excluding hydrogens is 481 g/mol. The fourth-order valence-corrected chi connectivity index (χ4v) is 3.58. The SMILES string of the molecule is O=C(C=Cc1ccccc1)[O][Hg][O]C(=O)C=Cc1ccccc1. The minimum atomic E-state index is -2.44. The molecule has 0 saturated heterocycles. The molecule has 0 radical (unpaired) electrons. The van der Waals surface area contributed by atoms with E-state index in [1.807, 2.05) is 60.7 Å². The van der Waals surface area contributed by atoms with E-state index in [-0.39, 0.29) is 0 Å². The number of rotatable bonds is 6. The van der Waals surface area contributed by atoms with Crippen LogP contribution < -0.4 is 0 Å². The van der Waals surface area contributed by atoms with Crippen molar-refractivity contribution in [2.75, 3.05) is 0 Å². The molecule has 4 nitrogen and oxygen atoms in total. The van der Waals surface area contributed by atoms with Gasteiger partial charge in [0.25, 0.3) is 0 Å². The van der Waals surface area contributed by atoms with Crippen LogP contribution in [0.4, 0.5) is 0 Å². The monoisotopic (exact) mass is 496 g/mol. The van der Waals surface area contributed by atoms with Crippen molar-refractivity contribution in [3.05, 3.63) is 83.9 Å². The normalized spacial score (nSPS) is 10.4. The van der Waals surface area contributed by atoms with Crippen molar-refractivity contribution in [1.82, 2.24) is 0 Å². The van der Waals surface area contributed by atoms with Gasteiger partial charge in [-0.15, -0.1) is 0 Å². The Hall–Kier alpha value is -2.20.